The molecule has 1 N–H and O–H groups in total. The van der Waals surface area contributed by atoms with Crippen molar-refractivity contribution in [2.75, 3.05) is 0 Å². The molecule has 0 unspecified atom stereocenters. The van der Waals surface area contributed by atoms with Gasteiger partial charge < -0.3 is 9.94 Å². The molecule has 0 amide bonds. The zero-order valence-electron chi connectivity index (χ0n) is 10.4. The van der Waals surface area contributed by atoms with Gasteiger partial charge in [0.15, 0.2) is 11.3 Å². The van der Waals surface area contributed by atoms with Crippen molar-refractivity contribution in [1.29, 1.82) is 0 Å². The molecule has 1 aliphatic rings. The number of carbonyl (C=O) groups excluding carboxylic acids is 1. The number of benzene rings is 1. The Balaban J connectivity index is 2.43. The molecule has 0 saturated heterocycles. The number of nitrogens with zero attached hydrogens (tertiary/aromatic N) is 1. The van der Waals surface area contributed by atoms with Crippen LogP contribution in [0.5, 0.6) is 0 Å². The smallest absolute Gasteiger partial charge is 0.335 e. The quantitative estimate of drug-likeness (QED) is 0.864. The first-order chi connectivity index (χ1) is 8.33. The summed E-state index contributed by atoms with van der Waals surface area (Å²) >= 11 is 0. The second-order valence-electron chi connectivity index (χ2n) is 4.71. The van der Waals surface area contributed by atoms with Crippen molar-refractivity contribution in [1.82, 2.24) is 0 Å². The lowest BCUT2D eigenvalue weighted by Crippen LogP contribution is -2.33. The molecule has 0 saturated carbocycles. The van der Waals surface area contributed by atoms with Crippen LogP contribution in [-0.2, 0) is 9.63 Å². The molecule has 1 aromatic carbocycles. The van der Waals surface area contributed by atoms with Crippen LogP contribution in [0.25, 0.3) is 0 Å². The third-order valence-electron chi connectivity index (χ3n) is 2.86. The van der Waals surface area contributed by atoms with Gasteiger partial charge in [-0.05, 0) is 38.5 Å². The van der Waals surface area contributed by atoms with Crippen LogP contribution in [-0.4, -0.2) is 28.2 Å². The highest BCUT2D eigenvalue weighted by Crippen LogP contribution is 2.24. The summed E-state index contributed by atoms with van der Waals surface area (Å²) in [7, 11) is 0. The number of carbonyl (C=O) groups is 2. The number of oxime groups is 1. The lowest BCUT2D eigenvalue weighted by Gasteiger charge is -2.12. The van der Waals surface area contributed by atoms with Crippen LogP contribution in [0.1, 0.15) is 35.3 Å². The van der Waals surface area contributed by atoms with Crippen LogP contribution < -0.4 is 0 Å². The van der Waals surface area contributed by atoms with Crippen LogP contribution in [0.4, 0.5) is 0 Å². The zero-order valence-corrected chi connectivity index (χ0v) is 10.4. The molecule has 0 radical (unpaired) electrons. The molecule has 94 valence electrons. The summed E-state index contributed by atoms with van der Waals surface area (Å²) in [4.78, 5) is 27.9. The Morgan fingerprint density at radius 2 is 2.06 bits per heavy atom. The minimum atomic E-state index is -0.999. The van der Waals surface area contributed by atoms with Gasteiger partial charge in [0.2, 0.25) is 5.78 Å². The van der Waals surface area contributed by atoms with Crippen molar-refractivity contribution in [3.63, 3.8) is 0 Å². The molecular weight excluding hydrogens is 234 g/mol. The zero-order chi connectivity index (χ0) is 13.5. The summed E-state index contributed by atoms with van der Waals surface area (Å²) in [5.41, 5.74) is 0.767. The predicted molar refractivity (Wildman–Crippen MR) is 64.8 cm³/mol. The van der Waals surface area contributed by atoms with Gasteiger partial charge in [-0.15, -0.1) is 0 Å². The van der Waals surface area contributed by atoms with Gasteiger partial charge in [-0.1, -0.05) is 11.2 Å². The van der Waals surface area contributed by atoms with E-state index >= 15 is 0 Å². The van der Waals surface area contributed by atoms with Crippen LogP contribution in [0, 0.1) is 6.92 Å². The van der Waals surface area contributed by atoms with Crippen LogP contribution >= 0.6 is 0 Å². The number of hydrogen-bond donors (Lipinski definition) is 1. The summed E-state index contributed by atoms with van der Waals surface area (Å²) in [5.74, 6) is -1.20. The Morgan fingerprint density at radius 3 is 2.50 bits per heavy atom. The van der Waals surface area contributed by atoms with Gasteiger partial charge in [0.05, 0.1) is 5.56 Å². The number of rotatable bonds is 2. The topological polar surface area (TPSA) is 76.0 Å². The third-order valence-corrected chi connectivity index (χ3v) is 2.86. The van der Waals surface area contributed by atoms with E-state index in [9.17, 15) is 9.59 Å². The molecule has 1 heterocycles. The molecule has 0 aromatic heterocycles. The second-order valence-corrected chi connectivity index (χ2v) is 4.71. The maximum Gasteiger partial charge on any atom is 0.335 e. The molecule has 0 aliphatic carbocycles. The first kappa shape index (κ1) is 12.3. The number of aromatic carboxylic acids is 1. The largest absolute Gasteiger partial charge is 0.478 e. The van der Waals surface area contributed by atoms with Crippen molar-refractivity contribution in [3.8, 4) is 0 Å². The fraction of sp³-hybridized carbons (Fsp3) is 0.308. The van der Waals surface area contributed by atoms with Crippen molar-refractivity contribution < 1.29 is 19.5 Å². The van der Waals surface area contributed by atoms with Gasteiger partial charge in [0.25, 0.3) is 0 Å². The Bertz CT molecular complexity index is 572. The molecule has 5 nitrogen and oxygen atoms in total. The van der Waals surface area contributed by atoms with Crippen molar-refractivity contribution in [2.45, 2.75) is 26.4 Å². The molecule has 5 heteroatoms. The van der Waals surface area contributed by atoms with Crippen molar-refractivity contribution in [3.05, 3.63) is 34.9 Å². The van der Waals surface area contributed by atoms with E-state index in [-0.39, 0.29) is 17.1 Å². The van der Waals surface area contributed by atoms with E-state index in [2.05, 4.69) is 5.16 Å². The number of aryl methyl sites for hydroxylation is 1. The molecular formula is C13H13NO4. The minimum absolute atomic E-state index is 0.183. The highest BCUT2D eigenvalue weighted by atomic mass is 16.7. The summed E-state index contributed by atoms with van der Waals surface area (Å²) in [6.07, 6.45) is 0. The molecule has 0 atom stereocenters. The molecule has 1 aromatic rings. The number of hydrogen-bond acceptors (Lipinski definition) is 4. The van der Waals surface area contributed by atoms with E-state index in [0.29, 0.717) is 11.1 Å². The standard InChI is InChI=1S/C13H13NO4/c1-7-6-8(12(16)17)4-5-9(7)10-11(15)13(2,3)18-14-10/h4-6H,1-3H3,(H,16,17). The first-order valence-corrected chi connectivity index (χ1v) is 5.48. The maximum absolute atomic E-state index is 12.0. The Hall–Kier alpha value is -2.17. The summed E-state index contributed by atoms with van der Waals surface area (Å²) in [6.45, 7) is 5.03. The van der Waals surface area contributed by atoms with E-state index in [1.165, 1.54) is 12.1 Å². The van der Waals surface area contributed by atoms with Crippen molar-refractivity contribution >= 4 is 17.5 Å². The molecule has 18 heavy (non-hydrogen) atoms. The number of Topliss-reactive ketones (excluding diaryl/α,β-unsaturated/α-hetero) is 1. The molecule has 1 aliphatic heterocycles. The van der Waals surface area contributed by atoms with Gasteiger partial charge in [0, 0.05) is 5.56 Å². The van der Waals surface area contributed by atoms with E-state index in [1.807, 2.05) is 0 Å². The predicted octanol–water partition coefficient (Wildman–Crippen LogP) is 1.78. The average molecular weight is 247 g/mol. The number of carboxylic acids is 1. The first-order valence-electron chi connectivity index (χ1n) is 5.48. The fourth-order valence-corrected chi connectivity index (χ4v) is 1.76. The van der Waals surface area contributed by atoms with Gasteiger partial charge >= 0.3 is 5.97 Å². The monoisotopic (exact) mass is 247 g/mol. The molecule has 0 bridgehead atoms. The van der Waals surface area contributed by atoms with Gasteiger partial charge in [-0.25, -0.2) is 4.79 Å². The van der Waals surface area contributed by atoms with Crippen LogP contribution in [0.3, 0.4) is 0 Å². The maximum atomic E-state index is 12.0. The fourth-order valence-electron chi connectivity index (χ4n) is 1.76. The molecule has 0 spiro atoms. The van der Waals surface area contributed by atoms with E-state index in [1.54, 1.807) is 26.8 Å². The highest BCUT2D eigenvalue weighted by molar-refractivity contribution is 6.49. The lowest BCUT2D eigenvalue weighted by molar-refractivity contribution is -0.128. The molecule has 0 fully saturated rings. The summed E-state index contributed by atoms with van der Waals surface area (Å²) in [6, 6.07) is 4.55. The second kappa shape index (κ2) is 3.94. The number of ketones is 1. The highest BCUT2D eigenvalue weighted by Gasteiger charge is 2.40. The summed E-state index contributed by atoms with van der Waals surface area (Å²) < 4.78 is 0. The Labute approximate surface area is 104 Å². The Kier molecular flexibility index (Phi) is 2.69. The Morgan fingerprint density at radius 1 is 1.39 bits per heavy atom. The van der Waals surface area contributed by atoms with Gasteiger partial charge in [-0.3, -0.25) is 4.79 Å². The minimum Gasteiger partial charge on any atom is -0.478 e. The van der Waals surface area contributed by atoms with Crippen LogP contribution in [0.2, 0.25) is 0 Å². The SMILES string of the molecule is Cc1cc(C(=O)O)ccc1C1=NOC(C)(C)C1=O. The van der Waals surface area contributed by atoms with Gasteiger partial charge in [-0.2, -0.15) is 0 Å². The average Bonchev–Trinajstić information content (AvgIpc) is 2.55. The van der Waals surface area contributed by atoms with Gasteiger partial charge in [0.1, 0.15) is 0 Å². The third kappa shape index (κ3) is 1.88. The van der Waals surface area contributed by atoms with E-state index in [4.69, 9.17) is 9.94 Å². The van der Waals surface area contributed by atoms with E-state index < -0.39 is 11.6 Å². The van der Waals surface area contributed by atoms with Crippen molar-refractivity contribution in [2.24, 2.45) is 5.16 Å². The van der Waals surface area contributed by atoms with Crippen LogP contribution in [0.15, 0.2) is 23.4 Å². The molecule has 2 rings (SSSR count). The number of carboxylic acid groups (broad SMARTS) is 1. The normalized spacial score (nSPS) is 17.3. The summed E-state index contributed by atoms with van der Waals surface area (Å²) in [5, 5.41) is 12.7. The van der Waals surface area contributed by atoms with E-state index in [0.717, 1.165) is 0 Å². The lowest BCUT2D eigenvalue weighted by atomic mass is 9.93.